The molecule has 1 aliphatic rings. The Kier molecular flexibility index (Phi) is 7.94. The second kappa shape index (κ2) is 9.78. The number of thiazole rings is 1. The van der Waals surface area contributed by atoms with Gasteiger partial charge >= 0.3 is 0 Å². The molecule has 0 amide bonds. The van der Waals surface area contributed by atoms with Gasteiger partial charge in [-0.1, -0.05) is 33.8 Å². The number of nitrogens with one attached hydrogen (secondary N) is 2. The van der Waals surface area contributed by atoms with Crippen LogP contribution in [0.4, 0.5) is 0 Å². The number of rotatable bonds is 6. The van der Waals surface area contributed by atoms with E-state index in [1.165, 1.54) is 5.56 Å². The molecule has 0 aliphatic carbocycles. The van der Waals surface area contributed by atoms with Gasteiger partial charge in [-0.15, -0.1) is 35.3 Å². The highest BCUT2D eigenvalue weighted by molar-refractivity contribution is 14.0. The Morgan fingerprint density at radius 2 is 2.00 bits per heavy atom. The van der Waals surface area contributed by atoms with Crippen molar-refractivity contribution >= 4 is 41.3 Å². The van der Waals surface area contributed by atoms with E-state index in [4.69, 9.17) is 9.47 Å². The first kappa shape index (κ1) is 22.7. The van der Waals surface area contributed by atoms with Gasteiger partial charge in [0.1, 0.15) is 5.01 Å². The summed E-state index contributed by atoms with van der Waals surface area (Å²) in [6.45, 7) is 10.4. The van der Waals surface area contributed by atoms with Crippen LogP contribution in [0.25, 0.3) is 0 Å². The monoisotopic (exact) mass is 516 g/mol. The summed E-state index contributed by atoms with van der Waals surface area (Å²) in [6.07, 6.45) is 0. The highest BCUT2D eigenvalue weighted by Crippen LogP contribution is 2.36. The van der Waals surface area contributed by atoms with Crippen LogP contribution in [0.3, 0.4) is 0 Å². The molecule has 1 aliphatic heterocycles. The van der Waals surface area contributed by atoms with Crippen molar-refractivity contribution in [1.82, 2.24) is 15.6 Å². The summed E-state index contributed by atoms with van der Waals surface area (Å²) >= 11 is 1.68. The predicted molar refractivity (Wildman–Crippen MR) is 125 cm³/mol. The Hall–Kier alpha value is -1.55. The number of hydrogen-bond donors (Lipinski definition) is 2. The molecule has 6 nitrogen and oxygen atoms in total. The minimum Gasteiger partial charge on any atom is -0.454 e. The molecule has 0 bridgehead atoms. The first-order chi connectivity index (χ1) is 12.9. The van der Waals surface area contributed by atoms with Gasteiger partial charge in [0.05, 0.1) is 12.2 Å². The average Bonchev–Trinajstić information content (AvgIpc) is 3.30. The highest BCUT2D eigenvalue weighted by atomic mass is 127. The van der Waals surface area contributed by atoms with Gasteiger partial charge in [-0.05, 0) is 23.6 Å². The smallest absolute Gasteiger partial charge is 0.231 e. The number of benzene rings is 1. The topological polar surface area (TPSA) is 67.8 Å². The van der Waals surface area contributed by atoms with Crippen LogP contribution >= 0.6 is 35.3 Å². The van der Waals surface area contributed by atoms with Gasteiger partial charge in [-0.25, -0.2) is 4.98 Å². The molecule has 28 heavy (non-hydrogen) atoms. The molecule has 0 fully saturated rings. The summed E-state index contributed by atoms with van der Waals surface area (Å²) in [5.41, 5.74) is 2.24. The molecule has 0 saturated heterocycles. The maximum absolute atomic E-state index is 5.50. The van der Waals surface area contributed by atoms with E-state index in [1.54, 1.807) is 18.4 Å². The molecule has 3 rings (SSSR count). The van der Waals surface area contributed by atoms with Crippen LogP contribution in [0, 0.1) is 0 Å². The Morgan fingerprint density at radius 3 is 2.68 bits per heavy atom. The molecule has 2 N–H and O–H groups in total. The van der Waals surface area contributed by atoms with Gasteiger partial charge in [0.25, 0.3) is 0 Å². The predicted octanol–water partition coefficient (Wildman–Crippen LogP) is 4.26. The fraction of sp³-hybridized carbons (Fsp3) is 0.500. The number of ether oxygens (including phenoxy) is 2. The molecule has 0 unspecified atom stereocenters. The van der Waals surface area contributed by atoms with Gasteiger partial charge < -0.3 is 20.1 Å². The second-order valence-electron chi connectivity index (χ2n) is 7.55. The van der Waals surface area contributed by atoms with Crippen molar-refractivity contribution in [3.8, 4) is 11.5 Å². The average molecular weight is 516 g/mol. The van der Waals surface area contributed by atoms with Gasteiger partial charge in [-0.3, -0.25) is 4.99 Å². The number of nitrogens with zero attached hydrogens (tertiary/aromatic N) is 2. The molecule has 2 aromatic rings. The van der Waals surface area contributed by atoms with Crippen molar-refractivity contribution < 1.29 is 9.47 Å². The third kappa shape index (κ3) is 5.50. The van der Waals surface area contributed by atoms with Crippen molar-refractivity contribution in [3.63, 3.8) is 0 Å². The van der Waals surface area contributed by atoms with Crippen LogP contribution in [0.5, 0.6) is 11.5 Å². The number of aromatic nitrogens is 1. The number of aliphatic imine (C=N–C) groups is 1. The lowest BCUT2D eigenvalue weighted by Gasteiger charge is -2.27. The molecule has 0 spiro atoms. The van der Waals surface area contributed by atoms with E-state index in [0.717, 1.165) is 34.7 Å². The molecular formula is C20H29IN4O2S. The highest BCUT2D eigenvalue weighted by Gasteiger charge is 2.24. The zero-order chi connectivity index (χ0) is 19.4. The van der Waals surface area contributed by atoms with E-state index < -0.39 is 0 Å². The van der Waals surface area contributed by atoms with Crippen LogP contribution in [0.15, 0.2) is 28.6 Å². The number of fused-ring (bicyclic) bond motifs is 1. The number of hydrogen-bond acceptors (Lipinski definition) is 5. The van der Waals surface area contributed by atoms with Crippen LogP contribution in [-0.2, 0) is 12.0 Å². The zero-order valence-electron chi connectivity index (χ0n) is 17.0. The fourth-order valence-electron chi connectivity index (χ4n) is 2.78. The Bertz CT molecular complexity index is 820. The third-order valence-corrected chi connectivity index (χ3v) is 5.51. The summed E-state index contributed by atoms with van der Waals surface area (Å²) in [6, 6.07) is 6.12. The van der Waals surface area contributed by atoms with Crippen molar-refractivity contribution in [1.29, 1.82) is 0 Å². The standard InChI is InChI=1S/C20H28N4O2S.HI/c1-13(2)15-10-27-18(24-15)9-22-19(21-5)23-11-20(3,4)14-6-7-16-17(8-14)26-12-25-16;/h6-8,10,13H,9,11-12H2,1-5H3,(H2,21,22,23);1H. The first-order valence-electron chi connectivity index (χ1n) is 9.18. The third-order valence-electron chi connectivity index (χ3n) is 4.64. The Balaban J connectivity index is 0.00000280. The van der Waals surface area contributed by atoms with E-state index in [1.807, 2.05) is 6.07 Å². The first-order valence-corrected chi connectivity index (χ1v) is 10.1. The molecule has 8 heteroatoms. The largest absolute Gasteiger partial charge is 0.454 e. The van der Waals surface area contributed by atoms with Gasteiger partial charge in [0, 0.05) is 24.4 Å². The quantitative estimate of drug-likeness (QED) is 0.341. The maximum atomic E-state index is 5.50. The zero-order valence-corrected chi connectivity index (χ0v) is 20.2. The minimum absolute atomic E-state index is 0. The van der Waals surface area contributed by atoms with Crippen LogP contribution < -0.4 is 20.1 Å². The van der Waals surface area contributed by atoms with Gasteiger partial charge in [-0.2, -0.15) is 0 Å². The lowest BCUT2D eigenvalue weighted by Crippen LogP contribution is -2.43. The van der Waals surface area contributed by atoms with Crippen LogP contribution in [0.1, 0.15) is 49.9 Å². The SMILES string of the molecule is CN=C(NCc1nc(C(C)C)cs1)NCC(C)(C)c1ccc2c(c1)OCO2.I. The van der Waals surface area contributed by atoms with E-state index >= 15 is 0 Å². The van der Waals surface area contributed by atoms with Crippen molar-refractivity contribution in [2.75, 3.05) is 20.4 Å². The molecule has 0 radical (unpaired) electrons. The molecule has 154 valence electrons. The molecule has 1 aromatic heterocycles. The molecular weight excluding hydrogens is 487 g/mol. The van der Waals surface area contributed by atoms with E-state index in [0.29, 0.717) is 19.3 Å². The second-order valence-corrected chi connectivity index (χ2v) is 8.49. The van der Waals surface area contributed by atoms with E-state index in [-0.39, 0.29) is 29.4 Å². The van der Waals surface area contributed by atoms with Gasteiger partial charge in [0.2, 0.25) is 6.79 Å². The minimum atomic E-state index is -0.0927. The molecule has 0 atom stereocenters. The Labute approximate surface area is 188 Å². The molecule has 1 aromatic carbocycles. The fourth-order valence-corrected chi connectivity index (χ4v) is 3.67. The van der Waals surface area contributed by atoms with Crippen LogP contribution in [-0.4, -0.2) is 31.3 Å². The normalized spacial score (nSPS) is 13.4. The van der Waals surface area contributed by atoms with Crippen molar-refractivity contribution in [2.45, 2.75) is 45.6 Å². The lowest BCUT2D eigenvalue weighted by molar-refractivity contribution is 0.174. The lowest BCUT2D eigenvalue weighted by atomic mass is 9.84. The molecule has 0 saturated carbocycles. The summed E-state index contributed by atoms with van der Waals surface area (Å²) in [4.78, 5) is 8.98. The van der Waals surface area contributed by atoms with Crippen LogP contribution in [0.2, 0.25) is 0 Å². The molecule has 2 heterocycles. The maximum Gasteiger partial charge on any atom is 0.231 e. The summed E-state index contributed by atoms with van der Waals surface area (Å²) in [5.74, 6) is 2.84. The van der Waals surface area contributed by atoms with Crippen molar-refractivity contribution in [3.05, 3.63) is 39.8 Å². The Morgan fingerprint density at radius 1 is 1.25 bits per heavy atom. The summed E-state index contributed by atoms with van der Waals surface area (Å²) in [5, 5.41) is 9.96. The van der Waals surface area contributed by atoms with E-state index in [2.05, 4.69) is 65.8 Å². The van der Waals surface area contributed by atoms with E-state index in [9.17, 15) is 0 Å². The van der Waals surface area contributed by atoms with Crippen molar-refractivity contribution in [2.24, 2.45) is 4.99 Å². The summed E-state index contributed by atoms with van der Waals surface area (Å²) in [7, 11) is 1.78. The van der Waals surface area contributed by atoms with Gasteiger partial charge in [0.15, 0.2) is 17.5 Å². The number of guanidine groups is 1. The number of halogens is 1. The summed E-state index contributed by atoms with van der Waals surface area (Å²) < 4.78 is 10.9.